The van der Waals surface area contributed by atoms with Gasteiger partial charge in [-0.15, -0.1) is 0 Å². The van der Waals surface area contributed by atoms with Crippen molar-refractivity contribution in [3.05, 3.63) is 71.7 Å². The molecule has 6 nitrogen and oxygen atoms in total. The minimum atomic E-state index is -0.298. The molecule has 0 atom stereocenters. The molecular weight excluding hydrogens is 371 g/mol. The number of hydrogen-bond donors (Lipinski definition) is 2. The van der Waals surface area contributed by atoms with Crippen molar-refractivity contribution < 1.29 is 14.0 Å². The van der Waals surface area contributed by atoms with E-state index in [0.29, 0.717) is 39.1 Å². The van der Waals surface area contributed by atoms with E-state index in [0.717, 1.165) is 22.0 Å². The standard InChI is InChI=1S/C22H23FN4O2/c23-18-7-5-16(6-8-18)14-25-22(29)27-11-9-26(10-12-27)21(28)13-17-15-24-20-4-2-1-3-19(17)20/h1-8,15,24H,9-14H2,(H,25,29). The van der Waals surface area contributed by atoms with Crippen LogP contribution in [0.25, 0.3) is 10.9 Å². The van der Waals surface area contributed by atoms with Gasteiger partial charge in [0.05, 0.1) is 6.42 Å². The Bertz CT molecular complexity index is 1010. The SMILES string of the molecule is O=C(Cc1c[nH]c2ccccc12)N1CCN(C(=O)NCc2ccc(F)cc2)CC1. The second-order valence-corrected chi connectivity index (χ2v) is 7.19. The number of halogens is 1. The molecule has 7 heteroatoms. The molecule has 0 saturated carbocycles. The van der Waals surface area contributed by atoms with Crippen molar-refractivity contribution in [1.29, 1.82) is 0 Å². The number of benzene rings is 2. The highest BCUT2D eigenvalue weighted by Gasteiger charge is 2.24. The molecule has 1 fully saturated rings. The van der Waals surface area contributed by atoms with Gasteiger partial charge in [0.25, 0.3) is 0 Å². The summed E-state index contributed by atoms with van der Waals surface area (Å²) in [6.07, 6.45) is 2.24. The van der Waals surface area contributed by atoms with Gasteiger partial charge in [-0.05, 0) is 29.3 Å². The average molecular weight is 394 g/mol. The zero-order chi connectivity index (χ0) is 20.2. The van der Waals surface area contributed by atoms with Crippen LogP contribution in [0.15, 0.2) is 54.7 Å². The summed E-state index contributed by atoms with van der Waals surface area (Å²) in [5.74, 6) is -0.227. The van der Waals surface area contributed by atoms with Crippen LogP contribution >= 0.6 is 0 Å². The van der Waals surface area contributed by atoms with E-state index < -0.39 is 0 Å². The first-order chi connectivity index (χ1) is 14.1. The molecule has 1 aliphatic rings. The van der Waals surface area contributed by atoms with Crippen molar-refractivity contribution >= 4 is 22.8 Å². The maximum atomic E-state index is 12.9. The molecule has 3 amide bonds. The van der Waals surface area contributed by atoms with E-state index in [4.69, 9.17) is 0 Å². The summed E-state index contributed by atoms with van der Waals surface area (Å²) in [7, 11) is 0. The highest BCUT2D eigenvalue weighted by molar-refractivity contribution is 5.89. The third-order valence-electron chi connectivity index (χ3n) is 5.29. The zero-order valence-corrected chi connectivity index (χ0v) is 16.0. The molecule has 0 bridgehead atoms. The number of carbonyl (C=O) groups is 2. The van der Waals surface area contributed by atoms with Crippen molar-refractivity contribution in [2.75, 3.05) is 26.2 Å². The van der Waals surface area contributed by atoms with Crippen LogP contribution in [0.1, 0.15) is 11.1 Å². The Morgan fingerprint density at radius 1 is 0.966 bits per heavy atom. The number of aromatic nitrogens is 1. The number of rotatable bonds is 4. The van der Waals surface area contributed by atoms with Gasteiger partial charge in [0.2, 0.25) is 5.91 Å². The topological polar surface area (TPSA) is 68.4 Å². The molecule has 0 unspecified atom stereocenters. The fourth-order valence-electron chi connectivity index (χ4n) is 3.60. The first kappa shape index (κ1) is 19.0. The lowest BCUT2D eigenvalue weighted by atomic mass is 10.1. The van der Waals surface area contributed by atoms with Crippen LogP contribution in [0.3, 0.4) is 0 Å². The number of nitrogens with zero attached hydrogens (tertiary/aromatic N) is 2. The van der Waals surface area contributed by atoms with Crippen LogP contribution in [0.2, 0.25) is 0 Å². The molecule has 150 valence electrons. The third kappa shape index (κ3) is 4.39. The molecule has 4 rings (SSSR count). The van der Waals surface area contributed by atoms with Crippen LogP contribution < -0.4 is 5.32 Å². The summed E-state index contributed by atoms with van der Waals surface area (Å²) >= 11 is 0. The van der Waals surface area contributed by atoms with E-state index in [2.05, 4.69) is 10.3 Å². The molecule has 29 heavy (non-hydrogen) atoms. The zero-order valence-electron chi connectivity index (χ0n) is 16.0. The molecule has 2 aromatic carbocycles. The van der Waals surface area contributed by atoms with Crippen molar-refractivity contribution in [2.45, 2.75) is 13.0 Å². The molecule has 3 aromatic rings. The van der Waals surface area contributed by atoms with Gasteiger partial charge in [0.15, 0.2) is 0 Å². The number of carbonyl (C=O) groups excluding carboxylic acids is 2. The number of aromatic amines is 1. The van der Waals surface area contributed by atoms with E-state index >= 15 is 0 Å². The lowest BCUT2D eigenvalue weighted by Crippen LogP contribution is -2.53. The Balaban J connectivity index is 1.26. The predicted octanol–water partition coefficient (Wildman–Crippen LogP) is 2.90. The Labute approximate surface area is 168 Å². The van der Waals surface area contributed by atoms with Gasteiger partial charge in [-0.3, -0.25) is 4.79 Å². The van der Waals surface area contributed by atoms with Crippen LogP contribution in [-0.4, -0.2) is 52.9 Å². The monoisotopic (exact) mass is 394 g/mol. The van der Waals surface area contributed by atoms with Crippen molar-refractivity contribution in [3.63, 3.8) is 0 Å². The Kier molecular flexibility index (Phi) is 5.46. The highest BCUT2D eigenvalue weighted by atomic mass is 19.1. The van der Waals surface area contributed by atoms with E-state index in [1.54, 1.807) is 17.0 Å². The van der Waals surface area contributed by atoms with Crippen molar-refractivity contribution in [2.24, 2.45) is 0 Å². The van der Waals surface area contributed by atoms with Gasteiger partial charge in [-0.1, -0.05) is 30.3 Å². The minimum absolute atomic E-state index is 0.0705. The molecule has 0 radical (unpaired) electrons. The Morgan fingerprint density at radius 3 is 2.41 bits per heavy atom. The normalized spacial score (nSPS) is 14.2. The van der Waals surface area contributed by atoms with Gasteiger partial charge >= 0.3 is 6.03 Å². The summed E-state index contributed by atoms with van der Waals surface area (Å²) < 4.78 is 12.9. The van der Waals surface area contributed by atoms with Crippen molar-refractivity contribution in [3.8, 4) is 0 Å². The second kappa shape index (κ2) is 8.34. The van der Waals surface area contributed by atoms with E-state index in [1.165, 1.54) is 12.1 Å². The molecule has 1 saturated heterocycles. The number of hydrogen-bond acceptors (Lipinski definition) is 2. The molecule has 0 aliphatic carbocycles. The first-order valence-corrected chi connectivity index (χ1v) is 9.70. The predicted molar refractivity (Wildman–Crippen MR) is 109 cm³/mol. The number of piperazine rings is 1. The number of nitrogens with one attached hydrogen (secondary N) is 2. The minimum Gasteiger partial charge on any atom is -0.361 e. The maximum absolute atomic E-state index is 12.9. The second-order valence-electron chi connectivity index (χ2n) is 7.19. The molecule has 1 aromatic heterocycles. The number of urea groups is 1. The fraction of sp³-hybridized carbons (Fsp3) is 0.273. The smallest absolute Gasteiger partial charge is 0.317 e. The lowest BCUT2D eigenvalue weighted by Gasteiger charge is -2.34. The average Bonchev–Trinajstić information content (AvgIpc) is 3.16. The summed E-state index contributed by atoms with van der Waals surface area (Å²) in [5.41, 5.74) is 2.86. The summed E-state index contributed by atoms with van der Waals surface area (Å²) in [6, 6.07) is 13.8. The van der Waals surface area contributed by atoms with Gasteiger partial charge < -0.3 is 20.1 Å². The lowest BCUT2D eigenvalue weighted by molar-refractivity contribution is -0.131. The summed E-state index contributed by atoms with van der Waals surface area (Å²) in [5, 5.41) is 3.91. The maximum Gasteiger partial charge on any atom is 0.317 e. The Hall–Kier alpha value is -3.35. The molecular formula is C22H23FN4O2. The van der Waals surface area contributed by atoms with Crippen molar-refractivity contribution in [1.82, 2.24) is 20.1 Å². The number of fused-ring (bicyclic) bond motifs is 1. The number of para-hydroxylation sites is 1. The quantitative estimate of drug-likeness (QED) is 0.715. The van der Waals surface area contributed by atoms with Gasteiger partial charge in [-0.25, -0.2) is 9.18 Å². The third-order valence-corrected chi connectivity index (χ3v) is 5.29. The van der Waals surface area contributed by atoms with E-state index in [-0.39, 0.29) is 17.8 Å². The van der Waals surface area contributed by atoms with Crippen LogP contribution in [0.4, 0.5) is 9.18 Å². The van der Waals surface area contributed by atoms with Crippen LogP contribution in [-0.2, 0) is 17.8 Å². The van der Waals surface area contributed by atoms with Gasteiger partial charge in [0, 0.05) is 49.8 Å². The van der Waals surface area contributed by atoms with Gasteiger partial charge in [-0.2, -0.15) is 0 Å². The summed E-state index contributed by atoms with van der Waals surface area (Å²) in [6.45, 7) is 2.37. The van der Waals surface area contributed by atoms with E-state index in [1.807, 2.05) is 35.4 Å². The summed E-state index contributed by atoms with van der Waals surface area (Å²) in [4.78, 5) is 31.8. The highest BCUT2D eigenvalue weighted by Crippen LogP contribution is 2.19. The van der Waals surface area contributed by atoms with E-state index in [9.17, 15) is 14.0 Å². The fourth-order valence-corrected chi connectivity index (χ4v) is 3.60. The molecule has 0 spiro atoms. The number of amides is 3. The first-order valence-electron chi connectivity index (χ1n) is 9.70. The molecule has 1 aliphatic heterocycles. The largest absolute Gasteiger partial charge is 0.361 e. The molecule has 2 N–H and O–H groups in total. The molecule has 2 heterocycles. The number of H-pyrrole nitrogens is 1. The van der Waals surface area contributed by atoms with Crippen LogP contribution in [0.5, 0.6) is 0 Å². The van der Waals surface area contributed by atoms with Gasteiger partial charge in [0.1, 0.15) is 5.82 Å². The van der Waals surface area contributed by atoms with Crippen LogP contribution in [0, 0.1) is 5.82 Å². The Morgan fingerprint density at radius 2 is 1.66 bits per heavy atom.